The molecule has 0 N–H and O–H groups in total. The van der Waals surface area contributed by atoms with Crippen LogP contribution in [0.5, 0.6) is 0 Å². The van der Waals surface area contributed by atoms with E-state index in [1.807, 2.05) is 50.3 Å². The van der Waals surface area contributed by atoms with Gasteiger partial charge in [-0.25, -0.2) is 0 Å². The average molecular weight is 279 g/mol. The molecule has 0 aromatic heterocycles. The highest BCUT2D eigenvalue weighted by Gasteiger charge is 1.97. The van der Waals surface area contributed by atoms with Crippen LogP contribution in [0.2, 0.25) is 0 Å². The second kappa shape index (κ2) is 6.44. The van der Waals surface area contributed by atoms with E-state index in [1.54, 1.807) is 0 Å². The minimum Gasteiger partial charge on any atom is -0.298 e. The van der Waals surface area contributed by atoms with Crippen LogP contribution in [-0.4, -0.2) is 6.29 Å². The molecule has 0 radical (unpaired) electrons. The number of carbonyl (C=O) groups is 1. The Hall–Kier alpha value is -1.15. The van der Waals surface area contributed by atoms with Crippen LogP contribution in [0.25, 0.3) is 6.08 Å². The number of hydrogen-bond donors (Lipinski definition) is 0. The molecule has 1 aromatic rings. The third kappa shape index (κ3) is 3.78. The maximum Gasteiger partial charge on any atom is 0.150 e. The molecule has 0 saturated heterocycles. The minimum atomic E-state index is 0.697. The van der Waals surface area contributed by atoms with Gasteiger partial charge in [-0.1, -0.05) is 41.1 Å². The summed E-state index contributed by atoms with van der Waals surface area (Å²) >= 11 is 3.43. The van der Waals surface area contributed by atoms with Gasteiger partial charge in [-0.3, -0.25) is 4.79 Å². The first-order valence-corrected chi connectivity index (χ1v) is 6.06. The van der Waals surface area contributed by atoms with Gasteiger partial charge in [0, 0.05) is 10.0 Å². The second-order valence-electron chi connectivity index (χ2n) is 3.57. The molecule has 1 aromatic carbocycles. The lowest BCUT2D eigenvalue weighted by Crippen LogP contribution is -1.84. The minimum absolute atomic E-state index is 0.697. The maximum atomic E-state index is 10.9. The van der Waals surface area contributed by atoms with Crippen molar-refractivity contribution in [1.29, 1.82) is 0 Å². The Morgan fingerprint density at radius 3 is 2.81 bits per heavy atom. The van der Waals surface area contributed by atoms with Gasteiger partial charge in [0.25, 0.3) is 0 Å². The fraction of sp³-hybridized carbons (Fsp3) is 0.214. The molecule has 0 amide bonds. The number of aryl methyl sites for hydroxylation is 1. The first-order valence-electron chi connectivity index (χ1n) is 5.27. The molecule has 84 valence electrons. The SMILES string of the molecule is CC/C=C/C(C=O)=C\c1cc(Br)ccc1C. The molecule has 0 atom stereocenters. The Morgan fingerprint density at radius 1 is 1.44 bits per heavy atom. The molecule has 0 aliphatic carbocycles. The molecular weight excluding hydrogens is 264 g/mol. The first-order chi connectivity index (χ1) is 7.67. The fourth-order valence-corrected chi connectivity index (χ4v) is 1.70. The molecule has 0 aliphatic rings. The Balaban J connectivity index is 3.07. The summed E-state index contributed by atoms with van der Waals surface area (Å²) in [6.07, 6.45) is 7.55. The van der Waals surface area contributed by atoms with Gasteiger partial charge in [0.15, 0.2) is 0 Å². The maximum absolute atomic E-state index is 10.9. The summed E-state index contributed by atoms with van der Waals surface area (Å²) in [4.78, 5) is 10.9. The largest absolute Gasteiger partial charge is 0.298 e. The highest BCUT2D eigenvalue weighted by Crippen LogP contribution is 2.18. The molecule has 0 saturated carbocycles. The molecule has 16 heavy (non-hydrogen) atoms. The molecule has 2 heteroatoms. The summed E-state index contributed by atoms with van der Waals surface area (Å²) in [6.45, 7) is 4.08. The number of rotatable bonds is 4. The van der Waals surface area contributed by atoms with Crippen molar-refractivity contribution < 1.29 is 4.79 Å². The van der Waals surface area contributed by atoms with Crippen molar-refractivity contribution in [2.45, 2.75) is 20.3 Å². The van der Waals surface area contributed by atoms with Gasteiger partial charge in [0.05, 0.1) is 0 Å². The summed E-state index contributed by atoms with van der Waals surface area (Å²) in [5, 5.41) is 0. The molecular formula is C14H15BrO. The Bertz CT molecular complexity index is 430. The normalized spacial score (nSPS) is 12.1. The van der Waals surface area contributed by atoms with Crippen LogP contribution >= 0.6 is 15.9 Å². The van der Waals surface area contributed by atoms with Crippen molar-refractivity contribution in [1.82, 2.24) is 0 Å². The topological polar surface area (TPSA) is 17.1 Å². The lowest BCUT2D eigenvalue weighted by atomic mass is 10.1. The molecule has 0 aliphatic heterocycles. The van der Waals surface area contributed by atoms with Gasteiger partial charge in [0.1, 0.15) is 6.29 Å². The predicted octanol–water partition coefficient (Wildman–Crippen LogP) is 4.31. The molecule has 0 fully saturated rings. The Morgan fingerprint density at radius 2 is 2.19 bits per heavy atom. The average Bonchev–Trinajstić information content (AvgIpc) is 2.28. The summed E-state index contributed by atoms with van der Waals surface area (Å²) in [5.41, 5.74) is 2.92. The standard InChI is InChI=1S/C14H15BrO/c1-3-4-5-12(10-16)8-13-9-14(15)7-6-11(13)2/h4-10H,3H2,1-2H3/b5-4+,12-8+. The van der Waals surface area contributed by atoms with Crippen molar-refractivity contribution in [2.24, 2.45) is 0 Å². The monoisotopic (exact) mass is 278 g/mol. The van der Waals surface area contributed by atoms with Gasteiger partial charge in [0.2, 0.25) is 0 Å². The van der Waals surface area contributed by atoms with E-state index < -0.39 is 0 Å². The van der Waals surface area contributed by atoms with E-state index in [1.165, 1.54) is 0 Å². The van der Waals surface area contributed by atoms with E-state index in [-0.39, 0.29) is 0 Å². The van der Waals surface area contributed by atoms with Crippen LogP contribution in [0.1, 0.15) is 24.5 Å². The molecule has 0 heterocycles. The molecule has 1 nitrogen and oxygen atoms in total. The number of carbonyl (C=O) groups excluding carboxylic acids is 1. The molecule has 1 rings (SSSR count). The van der Waals surface area contributed by atoms with Crippen LogP contribution < -0.4 is 0 Å². The zero-order valence-electron chi connectivity index (χ0n) is 9.53. The van der Waals surface area contributed by atoms with Crippen molar-refractivity contribution in [2.75, 3.05) is 0 Å². The lowest BCUT2D eigenvalue weighted by Gasteiger charge is -2.01. The summed E-state index contributed by atoms with van der Waals surface area (Å²) in [7, 11) is 0. The molecule has 0 unspecified atom stereocenters. The number of hydrogen-bond acceptors (Lipinski definition) is 1. The van der Waals surface area contributed by atoms with Crippen LogP contribution in [-0.2, 0) is 4.79 Å². The van der Waals surface area contributed by atoms with Gasteiger partial charge in [-0.05, 0) is 42.7 Å². The fourth-order valence-electron chi connectivity index (χ4n) is 1.32. The first kappa shape index (κ1) is 12.9. The van der Waals surface area contributed by atoms with Crippen molar-refractivity contribution >= 4 is 28.3 Å². The lowest BCUT2D eigenvalue weighted by molar-refractivity contribution is -0.104. The second-order valence-corrected chi connectivity index (χ2v) is 4.49. The number of allylic oxidation sites excluding steroid dienone is 3. The summed E-state index contributed by atoms with van der Waals surface area (Å²) < 4.78 is 1.02. The van der Waals surface area contributed by atoms with E-state index in [2.05, 4.69) is 15.9 Å². The summed E-state index contributed by atoms with van der Waals surface area (Å²) in [5.74, 6) is 0. The van der Waals surface area contributed by atoms with Gasteiger partial charge < -0.3 is 0 Å². The van der Waals surface area contributed by atoms with Crippen molar-refractivity contribution in [3.8, 4) is 0 Å². The number of halogens is 1. The number of aldehydes is 1. The van der Waals surface area contributed by atoms with Crippen LogP contribution in [0, 0.1) is 6.92 Å². The van der Waals surface area contributed by atoms with Gasteiger partial charge in [-0.2, -0.15) is 0 Å². The Kier molecular flexibility index (Phi) is 5.20. The van der Waals surface area contributed by atoms with E-state index in [0.717, 1.165) is 28.3 Å². The third-order valence-electron chi connectivity index (χ3n) is 2.25. The van der Waals surface area contributed by atoms with Gasteiger partial charge >= 0.3 is 0 Å². The molecule has 0 spiro atoms. The molecule has 0 bridgehead atoms. The van der Waals surface area contributed by atoms with E-state index in [4.69, 9.17) is 0 Å². The summed E-state index contributed by atoms with van der Waals surface area (Å²) in [6, 6.07) is 6.04. The van der Waals surface area contributed by atoms with E-state index in [9.17, 15) is 4.79 Å². The van der Waals surface area contributed by atoms with Crippen molar-refractivity contribution in [3.63, 3.8) is 0 Å². The van der Waals surface area contributed by atoms with Crippen LogP contribution in [0.15, 0.2) is 40.4 Å². The quantitative estimate of drug-likeness (QED) is 0.456. The zero-order chi connectivity index (χ0) is 12.0. The zero-order valence-corrected chi connectivity index (χ0v) is 11.1. The van der Waals surface area contributed by atoms with E-state index in [0.29, 0.717) is 5.57 Å². The highest BCUT2D eigenvalue weighted by atomic mass is 79.9. The van der Waals surface area contributed by atoms with Crippen molar-refractivity contribution in [3.05, 3.63) is 51.5 Å². The number of benzene rings is 1. The van der Waals surface area contributed by atoms with Crippen LogP contribution in [0.3, 0.4) is 0 Å². The van der Waals surface area contributed by atoms with Gasteiger partial charge in [-0.15, -0.1) is 0 Å². The van der Waals surface area contributed by atoms with Crippen LogP contribution in [0.4, 0.5) is 0 Å². The highest BCUT2D eigenvalue weighted by molar-refractivity contribution is 9.10. The smallest absolute Gasteiger partial charge is 0.150 e. The van der Waals surface area contributed by atoms with E-state index >= 15 is 0 Å². The Labute approximate surface area is 105 Å². The third-order valence-corrected chi connectivity index (χ3v) is 2.74. The predicted molar refractivity (Wildman–Crippen MR) is 72.4 cm³/mol.